The van der Waals surface area contributed by atoms with Crippen LogP contribution in [0.15, 0.2) is 64.8 Å². The third-order valence-corrected chi connectivity index (χ3v) is 6.93. The predicted octanol–water partition coefficient (Wildman–Crippen LogP) is 5.30. The molecule has 0 aliphatic carbocycles. The summed E-state index contributed by atoms with van der Waals surface area (Å²) in [5, 5.41) is 2.51. The van der Waals surface area contributed by atoms with Crippen LogP contribution >= 0.6 is 11.3 Å². The number of hydrogen-bond acceptors (Lipinski definition) is 5. The molecule has 0 saturated heterocycles. The molecular formula is C27H30F2N4OS. The quantitative estimate of drug-likeness (QED) is 0.299. The first-order valence-corrected chi connectivity index (χ1v) is 12.6. The molecule has 2 aromatic carbocycles. The maximum Gasteiger partial charge on any atom is 0.262 e. The molecule has 2 heterocycles. The van der Waals surface area contributed by atoms with Crippen molar-refractivity contribution in [2.24, 2.45) is 0 Å². The lowest BCUT2D eigenvalue weighted by Crippen LogP contribution is -2.38. The van der Waals surface area contributed by atoms with Crippen molar-refractivity contribution in [2.45, 2.75) is 32.5 Å². The van der Waals surface area contributed by atoms with Gasteiger partial charge in [-0.25, -0.2) is 13.8 Å². The average Bonchev–Trinajstić information content (AvgIpc) is 3.32. The van der Waals surface area contributed by atoms with E-state index >= 15 is 0 Å². The summed E-state index contributed by atoms with van der Waals surface area (Å²) in [5.74, 6) is -1.03. The van der Waals surface area contributed by atoms with E-state index in [1.807, 2.05) is 55.9 Å². The summed E-state index contributed by atoms with van der Waals surface area (Å²) in [6, 6.07) is 15.5. The molecule has 1 atom stereocenters. The van der Waals surface area contributed by atoms with E-state index in [1.54, 1.807) is 10.6 Å². The monoisotopic (exact) mass is 496 g/mol. The third-order valence-electron chi connectivity index (χ3n) is 6.13. The van der Waals surface area contributed by atoms with Crippen molar-refractivity contribution in [1.29, 1.82) is 0 Å². The standard InChI is InChI=1S/C27H30F2N4OS/c1-4-24(32(14-13-31(2)3)17-20-10-11-22(28)23(29)16-20)25-30-26-21(12-15-35-26)27(34)33(25)18-19-8-6-5-7-9-19/h5-12,15-16,24H,4,13-14,17-18H2,1-3H3. The Morgan fingerprint density at radius 1 is 1.00 bits per heavy atom. The third kappa shape index (κ3) is 5.83. The molecular weight excluding hydrogens is 466 g/mol. The number of benzene rings is 2. The van der Waals surface area contributed by atoms with Gasteiger partial charge in [0.1, 0.15) is 10.7 Å². The minimum absolute atomic E-state index is 0.0612. The number of nitrogens with zero attached hydrogens (tertiary/aromatic N) is 4. The van der Waals surface area contributed by atoms with Gasteiger partial charge < -0.3 is 4.90 Å². The van der Waals surface area contributed by atoms with Gasteiger partial charge in [0.15, 0.2) is 11.6 Å². The van der Waals surface area contributed by atoms with Crippen LogP contribution in [0.5, 0.6) is 0 Å². The summed E-state index contributed by atoms with van der Waals surface area (Å²) in [4.78, 5) is 23.6. The Labute approximate surface area is 208 Å². The Bertz CT molecular complexity index is 1340. The van der Waals surface area contributed by atoms with Crippen LogP contribution in [0.1, 0.15) is 36.3 Å². The number of aromatic nitrogens is 2. The number of fused-ring (bicyclic) bond motifs is 1. The summed E-state index contributed by atoms with van der Waals surface area (Å²) in [5.41, 5.74) is 1.63. The molecule has 2 aromatic heterocycles. The highest BCUT2D eigenvalue weighted by atomic mass is 32.1. The van der Waals surface area contributed by atoms with E-state index in [0.717, 1.165) is 18.2 Å². The molecule has 1 unspecified atom stereocenters. The van der Waals surface area contributed by atoms with Crippen molar-refractivity contribution in [3.8, 4) is 0 Å². The number of thiophene rings is 1. The molecule has 0 fully saturated rings. The molecule has 35 heavy (non-hydrogen) atoms. The molecule has 4 aromatic rings. The molecule has 4 rings (SSSR count). The smallest absolute Gasteiger partial charge is 0.262 e. The second-order valence-electron chi connectivity index (χ2n) is 8.93. The van der Waals surface area contributed by atoms with Crippen LogP contribution in [0.2, 0.25) is 0 Å². The molecule has 184 valence electrons. The maximum atomic E-state index is 14.0. The number of hydrogen-bond donors (Lipinski definition) is 0. The van der Waals surface area contributed by atoms with Crippen LogP contribution in [-0.4, -0.2) is 46.5 Å². The SMILES string of the molecule is CCC(c1nc2sccc2c(=O)n1Cc1ccccc1)N(CCN(C)C)Cc1ccc(F)c(F)c1. The first-order valence-electron chi connectivity index (χ1n) is 11.7. The Kier molecular flexibility index (Phi) is 8.05. The van der Waals surface area contributed by atoms with Gasteiger partial charge in [-0.1, -0.05) is 43.3 Å². The van der Waals surface area contributed by atoms with Crippen LogP contribution < -0.4 is 5.56 Å². The van der Waals surface area contributed by atoms with E-state index in [2.05, 4.69) is 16.7 Å². The van der Waals surface area contributed by atoms with Crippen LogP contribution in [0, 0.1) is 11.6 Å². The number of likely N-dealkylation sites (N-methyl/N-ethyl adjacent to an activating group) is 1. The second kappa shape index (κ2) is 11.2. The Morgan fingerprint density at radius 2 is 1.77 bits per heavy atom. The Morgan fingerprint density at radius 3 is 2.46 bits per heavy atom. The number of halogens is 2. The van der Waals surface area contributed by atoms with Gasteiger partial charge in [-0.3, -0.25) is 14.3 Å². The molecule has 0 aliphatic heterocycles. The van der Waals surface area contributed by atoms with Crippen molar-refractivity contribution in [3.05, 3.63) is 98.9 Å². The minimum Gasteiger partial charge on any atom is -0.308 e. The van der Waals surface area contributed by atoms with Crippen molar-refractivity contribution in [1.82, 2.24) is 19.4 Å². The Hall–Kier alpha value is -2.94. The van der Waals surface area contributed by atoms with E-state index in [0.29, 0.717) is 47.7 Å². The predicted molar refractivity (Wildman–Crippen MR) is 138 cm³/mol. The van der Waals surface area contributed by atoms with Crippen LogP contribution in [0.3, 0.4) is 0 Å². The lowest BCUT2D eigenvalue weighted by Gasteiger charge is -2.33. The average molecular weight is 497 g/mol. The summed E-state index contributed by atoms with van der Waals surface area (Å²) >= 11 is 1.45. The van der Waals surface area contributed by atoms with E-state index in [9.17, 15) is 13.6 Å². The van der Waals surface area contributed by atoms with E-state index in [4.69, 9.17) is 4.98 Å². The highest BCUT2D eigenvalue weighted by Crippen LogP contribution is 2.27. The van der Waals surface area contributed by atoms with Gasteiger partial charge in [-0.05, 0) is 55.2 Å². The van der Waals surface area contributed by atoms with Gasteiger partial charge >= 0.3 is 0 Å². The normalized spacial score (nSPS) is 12.7. The topological polar surface area (TPSA) is 41.4 Å². The summed E-state index contributed by atoms with van der Waals surface area (Å²) < 4.78 is 29.3. The van der Waals surface area contributed by atoms with Gasteiger partial charge in [0.05, 0.1) is 18.0 Å². The van der Waals surface area contributed by atoms with E-state index < -0.39 is 11.6 Å². The van der Waals surface area contributed by atoms with Crippen LogP contribution in [-0.2, 0) is 13.1 Å². The zero-order chi connectivity index (χ0) is 24.9. The fourth-order valence-electron chi connectivity index (χ4n) is 4.29. The van der Waals surface area contributed by atoms with Gasteiger partial charge in [0.25, 0.3) is 5.56 Å². The van der Waals surface area contributed by atoms with Crippen LogP contribution in [0.25, 0.3) is 10.2 Å². The fraction of sp³-hybridized carbons (Fsp3) is 0.333. The largest absolute Gasteiger partial charge is 0.308 e. The molecule has 0 spiro atoms. The molecule has 0 aliphatic rings. The van der Waals surface area contributed by atoms with Gasteiger partial charge in [-0.2, -0.15) is 0 Å². The van der Waals surface area contributed by atoms with Crippen LogP contribution in [0.4, 0.5) is 8.78 Å². The molecule has 0 bridgehead atoms. The van der Waals surface area contributed by atoms with Gasteiger partial charge in [0.2, 0.25) is 0 Å². The maximum absolute atomic E-state index is 14.0. The minimum atomic E-state index is -0.859. The fourth-order valence-corrected chi connectivity index (χ4v) is 5.05. The van der Waals surface area contributed by atoms with Crippen molar-refractivity contribution >= 4 is 21.6 Å². The molecule has 0 N–H and O–H groups in total. The van der Waals surface area contributed by atoms with Crippen molar-refractivity contribution in [2.75, 3.05) is 27.2 Å². The summed E-state index contributed by atoms with van der Waals surface area (Å²) in [6.07, 6.45) is 0.704. The molecule has 8 heteroatoms. The number of rotatable bonds is 10. The molecule has 0 amide bonds. The molecule has 0 radical (unpaired) electrons. The summed E-state index contributed by atoms with van der Waals surface area (Å²) in [7, 11) is 4.00. The van der Waals surface area contributed by atoms with E-state index in [1.165, 1.54) is 17.4 Å². The van der Waals surface area contributed by atoms with E-state index in [-0.39, 0.29) is 11.6 Å². The first kappa shape index (κ1) is 25.2. The molecule has 5 nitrogen and oxygen atoms in total. The molecule has 0 saturated carbocycles. The highest BCUT2D eigenvalue weighted by Gasteiger charge is 2.26. The summed E-state index contributed by atoms with van der Waals surface area (Å²) in [6.45, 7) is 4.33. The zero-order valence-electron chi connectivity index (χ0n) is 20.2. The second-order valence-corrected chi connectivity index (χ2v) is 9.83. The van der Waals surface area contributed by atoms with Crippen molar-refractivity contribution < 1.29 is 8.78 Å². The van der Waals surface area contributed by atoms with Gasteiger partial charge in [0, 0.05) is 19.6 Å². The first-order chi connectivity index (χ1) is 16.9. The van der Waals surface area contributed by atoms with Gasteiger partial charge in [-0.15, -0.1) is 11.3 Å². The lowest BCUT2D eigenvalue weighted by molar-refractivity contribution is 0.155. The zero-order valence-corrected chi connectivity index (χ0v) is 21.1. The lowest BCUT2D eigenvalue weighted by atomic mass is 10.1. The Balaban J connectivity index is 1.79. The van der Waals surface area contributed by atoms with Crippen molar-refractivity contribution in [3.63, 3.8) is 0 Å². The highest BCUT2D eigenvalue weighted by molar-refractivity contribution is 7.16.